The van der Waals surface area contributed by atoms with Gasteiger partial charge in [0, 0.05) is 5.56 Å². The van der Waals surface area contributed by atoms with Gasteiger partial charge in [0.25, 0.3) is 5.89 Å². The minimum atomic E-state index is -1.32. The second-order valence-corrected chi connectivity index (χ2v) is 4.73. The molecule has 0 aliphatic carbocycles. The van der Waals surface area contributed by atoms with Crippen molar-refractivity contribution in [2.24, 2.45) is 0 Å². The second kappa shape index (κ2) is 6.53. The van der Waals surface area contributed by atoms with E-state index >= 15 is 0 Å². The molecule has 0 bridgehead atoms. The molecule has 0 fully saturated rings. The summed E-state index contributed by atoms with van der Waals surface area (Å²) in [5, 5.41) is 17.4. The molecule has 1 heterocycles. The molecule has 118 valence electrons. The van der Waals surface area contributed by atoms with Gasteiger partial charge in [-0.2, -0.15) is 0 Å². The van der Waals surface area contributed by atoms with E-state index in [-0.39, 0.29) is 18.1 Å². The van der Waals surface area contributed by atoms with Crippen molar-refractivity contribution in [1.82, 2.24) is 10.2 Å². The zero-order valence-electron chi connectivity index (χ0n) is 11.8. The van der Waals surface area contributed by atoms with Crippen LogP contribution in [0.2, 0.25) is 0 Å². The average Bonchev–Trinajstić information content (AvgIpc) is 3.09. The van der Waals surface area contributed by atoms with Crippen molar-refractivity contribution in [2.75, 3.05) is 6.61 Å². The molecule has 0 amide bonds. The van der Waals surface area contributed by atoms with E-state index in [0.29, 0.717) is 11.3 Å². The lowest BCUT2D eigenvalue weighted by Crippen LogP contribution is -2.12. The second-order valence-electron chi connectivity index (χ2n) is 4.73. The lowest BCUT2D eigenvalue weighted by atomic mass is 10.1. The van der Waals surface area contributed by atoms with Crippen LogP contribution in [0.1, 0.15) is 11.7 Å². The van der Waals surface area contributed by atoms with Gasteiger partial charge in [-0.15, -0.1) is 10.2 Å². The van der Waals surface area contributed by atoms with Gasteiger partial charge in [0.1, 0.15) is 30.1 Å². The Morgan fingerprint density at radius 3 is 2.78 bits per heavy atom. The number of aromatic nitrogens is 2. The fraction of sp³-hybridized carbons (Fsp3) is 0.125. The molecule has 23 heavy (non-hydrogen) atoms. The third-order valence-corrected chi connectivity index (χ3v) is 3.19. The quantitative estimate of drug-likeness (QED) is 0.783. The predicted molar refractivity (Wildman–Crippen MR) is 76.5 cm³/mol. The number of hydrogen-bond donors (Lipinski definition) is 1. The maximum absolute atomic E-state index is 13.6. The van der Waals surface area contributed by atoms with Crippen molar-refractivity contribution in [1.29, 1.82) is 0 Å². The normalized spacial score (nSPS) is 12.1. The fourth-order valence-corrected chi connectivity index (χ4v) is 2.09. The molecule has 7 heteroatoms. The lowest BCUT2D eigenvalue weighted by molar-refractivity contribution is 0.105. The van der Waals surface area contributed by atoms with E-state index in [2.05, 4.69) is 10.2 Å². The maximum Gasteiger partial charge on any atom is 0.251 e. The number of benzene rings is 2. The molecule has 0 radical (unpaired) electrons. The largest absolute Gasteiger partial charge is 0.490 e. The van der Waals surface area contributed by atoms with Gasteiger partial charge in [-0.1, -0.05) is 12.1 Å². The number of ether oxygens (including phenoxy) is 1. The summed E-state index contributed by atoms with van der Waals surface area (Å²) in [7, 11) is 0. The van der Waals surface area contributed by atoms with E-state index in [1.54, 1.807) is 24.3 Å². The van der Waals surface area contributed by atoms with Crippen molar-refractivity contribution in [2.45, 2.75) is 6.10 Å². The van der Waals surface area contributed by atoms with Gasteiger partial charge in [-0.25, -0.2) is 8.78 Å². The van der Waals surface area contributed by atoms with E-state index < -0.39 is 17.7 Å². The van der Waals surface area contributed by atoms with Crippen LogP contribution in [0.25, 0.3) is 11.5 Å². The Morgan fingerprint density at radius 2 is 2.00 bits per heavy atom. The molecular formula is C16H12F2N2O3. The highest BCUT2D eigenvalue weighted by Gasteiger charge is 2.17. The number of para-hydroxylation sites is 1. The van der Waals surface area contributed by atoms with Crippen LogP contribution in [0, 0.1) is 11.6 Å². The molecule has 1 unspecified atom stereocenters. The Morgan fingerprint density at radius 1 is 1.17 bits per heavy atom. The van der Waals surface area contributed by atoms with Gasteiger partial charge in [0.05, 0.1) is 5.56 Å². The van der Waals surface area contributed by atoms with Gasteiger partial charge in [-0.3, -0.25) is 0 Å². The Labute approximate surface area is 130 Å². The highest BCUT2D eigenvalue weighted by atomic mass is 19.1. The molecule has 2 aromatic carbocycles. The van der Waals surface area contributed by atoms with Crippen LogP contribution < -0.4 is 4.74 Å². The van der Waals surface area contributed by atoms with Crippen molar-refractivity contribution < 1.29 is 23.0 Å². The van der Waals surface area contributed by atoms with Gasteiger partial charge in [-0.05, 0) is 30.3 Å². The van der Waals surface area contributed by atoms with E-state index in [1.165, 1.54) is 6.39 Å². The topological polar surface area (TPSA) is 68.4 Å². The Hall–Kier alpha value is -2.80. The number of hydrogen-bond acceptors (Lipinski definition) is 5. The summed E-state index contributed by atoms with van der Waals surface area (Å²) in [6.45, 7) is -0.258. The van der Waals surface area contributed by atoms with Gasteiger partial charge < -0.3 is 14.3 Å². The zero-order chi connectivity index (χ0) is 16.2. The number of rotatable bonds is 5. The molecule has 3 aromatic rings. The van der Waals surface area contributed by atoms with E-state index in [4.69, 9.17) is 9.15 Å². The minimum absolute atomic E-state index is 0.166. The highest BCUT2D eigenvalue weighted by Crippen LogP contribution is 2.29. The highest BCUT2D eigenvalue weighted by molar-refractivity contribution is 5.62. The smallest absolute Gasteiger partial charge is 0.251 e. The van der Waals surface area contributed by atoms with Crippen molar-refractivity contribution in [3.8, 4) is 17.2 Å². The summed E-state index contributed by atoms with van der Waals surface area (Å²) in [5.74, 6) is -0.695. The van der Waals surface area contributed by atoms with Crippen LogP contribution in [-0.4, -0.2) is 21.9 Å². The third kappa shape index (κ3) is 3.35. The number of nitrogens with zero attached hydrogens (tertiary/aromatic N) is 2. The third-order valence-electron chi connectivity index (χ3n) is 3.19. The molecular weight excluding hydrogens is 306 g/mol. The van der Waals surface area contributed by atoms with Crippen LogP contribution in [0.5, 0.6) is 5.75 Å². The predicted octanol–water partition coefficient (Wildman–Crippen LogP) is 3.13. The first-order valence-electron chi connectivity index (χ1n) is 6.76. The van der Waals surface area contributed by atoms with Crippen molar-refractivity contribution >= 4 is 0 Å². The summed E-state index contributed by atoms with van der Waals surface area (Å²) in [6.07, 6.45) is -0.134. The van der Waals surface area contributed by atoms with Crippen LogP contribution in [-0.2, 0) is 0 Å². The Balaban J connectivity index is 1.77. The van der Waals surface area contributed by atoms with Crippen LogP contribution in [0.15, 0.2) is 53.3 Å². The van der Waals surface area contributed by atoms with E-state index in [1.807, 2.05) is 0 Å². The molecule has 0 saturated heterocycles. The fourth-order valence-electron chi connectivity index (χ4n) is 2.09. The lowest BCUT2D eigenvalue weighted by Gasteiger charge is -2.15. The van der Waals surface area contributed by atoms with Gasteiger partial charge in [0.15, 0.2) is 0 Å². The number of aliphatic hydroxyl groups excluding tert-OH is 1. The Bertz CT molecular complexity index is 794. The van der Waals surface area contributed by atoms with Crippen LogP contribution in [0.3, 0.4) is 0 Å². The summed E-state index contributed by atoms with van der Waals surface area (Å²) in [4.78, 5) is 0. The number of aliphatic hydroxyl groups is 1. The molecule has 0 spiro atoms. The first kappa shape index (κ1) is 15.1. The SMILES string of the molecule is OC(COc1ccccc1-c1nnco1)c1cc(F)ccc1F. The van der Waals surface area contributed by atoms with Gasteiger partial charge in [0.2, 0.25) is 6.39 Å². The van der Waals surface area contributed by atoms with Crippen molar-refractivity contribution in [3.05, 3.63) is 66.1 Å². The summed E-state index contributed by atoms with van der Waals surface area (Å²) < 4.78 is 37.4. The zero-order valence-corrected chi connectivity index (χ0v) is 11.8. The molecule has 0 aliphatic rings. The maximum atomic E-state index is 13.6. The van der Waals surface area contributed by atoms with Crippen LogP contribution >= 0.6 is 0 Å². The van der Waals surface area contributed by atoms with Crippen LogP contribution in [0.4, 0.5) is 8.78 Å². The number of halogens is 2. The molecule has 0 aliphatic heterocycles. The standard InChI is InChI=1S/C16H12F2N2O3/c17-10-5-6-13(18)12(7-10)14(21)8-22-15-4-2-1-3-11(15)16-20-19-9-23-16/h1-7,9,14,21H,8H2. The minimum Gasteiger partial charge on any atom is -0.490 e. The van der Waals surface area contributed by atoms with E-state index in [0.717, 1.165) is 18.2 Å². The molecule has 5 nitrogen and oxygen atoms in total. The molecule has 0 saturated carbocycles. The summed E-state index contributed by atoms with van der Waals surface area (Å²) in [5.41, 5.74) is 0.372. The Kier molecular flexibility index (Phi) is 4.29. The van der Waals surface area contributed by atoms with Crippen molar-refractivity contribution in [3.63, 3.8) is 0 Å². The summed E-state index contributed by atoms with van der Waals surface area (Å²) in [6, 6.07) is 9.72. The first-order chi connectivity index (χ1) is 11.1. The first-order valence-corrected chi connectivity index (χ1v) is 6.76. The molecule has 1 atom stereocenters. The average molecular weight is 318 g/mol. The molecule has 3 rings (SSSR count). The van der Waals surface area contributed by atoms with E-state index in [9.17, 15) is 13.9 Å². The van der Waals surface area contributed by atoms with Gasteiger partial charge >= 0.3 is 0 Å². The monoisotopic (exact) mass is 318 g/mol. The summed E-state index contributed by atoms with van der Waals surface area (Å²) >= 11 is 0. The molecule has 1 aromatic heterocycles. The molecule has 1 N–H and O–H groups in total.